The molecule has 1 unspecified atom stereocenters. The Labute approximate surface area is 67.9 Å². The first-order valence-corrected chi connectivity index (χ1v) is 3.75. The molecule has 0 aliphatic heterocycles. The zero-order valence-corrected chi connectivity index (χ0v) is 7.68. The fourth-order valence-corrected chi connectivity index (χ4v) is 0.970. The lowest BCUT2D eigenvalue weighted by Gasteiger charge is -2.28. The van der Waals surface area contributed by atoms with Gasteiger partial charge in [0, 0.05) is 6.42 Å². The molecular weight excluding hydrogens is 142 g/mol. The number of ketones is 1. The minimum absolute atomic E-state index is 0.0913. The van der Waals surface area contributed by atoms with E-state index in [2.05, 4.69) is 4.84 Å². The van der Waals surface area contributed by atoms with E-state index in [1.807, 2.05) is 20.8 Å². The zero-order valence-electron chi connectivity index (χ0n) is 7.68. The van der Waals surface area contributed by atoms with Crippen molar-refractivity contribution in [3.05, 3.63) is 0 Å². The lowest BCUT2D eigenvalue weighted by Crippen LogP contribution is -2.33. The summed E-state index contributed by atoms with van der Waals surface area (Å²) < 4.78 is 0. The molecule has 0 rings (SSSR count). The van der Waals surface area contributed by atoms with Crippen molar-refractivity contribution in [3.63, 3.8) is 0 Å². The molecule has 0 aromatic heterocycles. The summed E-state index contributed by atoms with van der Waals surface area (Å²) >= 11 is 0. The van der Waals surface area contributed by atoms with Gasteiger partial charge in [0.25, 0.3) is 0 Å². The molecule has 0 heterocycles. The Morgan fingerprint density at radius 3 is 2.36 bits per heavy atom. The van der Waals surface area contributed by atoms with Gasteiger partial charge in [-0.15, -0.1) is 0 Å². The van der Waals surface area contributed by atoms with Gasteiger partial charge in [0.2, 0.25) is 0 Å². The van der Waals surface area contributed by atoms with Crippen molar-refractivity contribution < 1.29 is 9.63 Å². The first kappa shape index (κ1) is 10.6. The fraction of sp³-hybridized carbons (Fsp3) is 0.875. The van der Waals surface area contributed by atoms with Gasteiger partial charge in [0.1, 0.15) is 5.78 Å². The van der Waals surface area contributed by atoms with Gasteiger partial charge >= 0.3 is 0 Å². The Hall–Kier alpha value is -0.410. The topological polar surface area (TPSA) is 52.3 Å². The highest BCUT2D eigenvalue weighted by Gasteiger charge is 2.27. The third-order valence-electron chi connectivity index (χ3n) is 2.01. The summed E-state index contributed by atoms with van der Waals surface area (Å²) in [7, 11) is 0. The smallest absolute Gasteiger partial charge is 0.130 e. The molecule has 0 aromatic carbocycles. The van der Waals surface area contributed by atoms with Crippen LogP contribution in [0, 0.1) is 5.41 Å². The number of carbonyl (C=O) groups is 1. The van der Waals surface area contributed by atoms with E-state index in [4.69, 9.17) is 5.90 Å². The quantitative estimate of drug-likeness (QED) is 0.628. The minimum Gasteiger partial charge on any atom is -0.301 e. The van der Waals surface area contributed by atoms with Gasteiger partial charge in [0.05, 0.1) is 6.10 Å². The normalized spacial score (nSPS) is 14.6. The van der Waals surface area contributed by atoms with Crippen LogP contribution in [0.1, 0.15) is 34.1 Å². The number of Topliss-reactive ketones (excluding diaryl/α,β-unsaturated/α-hetero) is 1. The van der Waals surface area contributed by atoms with Crippen LogP contribution in [-0.2, 0) is 9.63 Å². The molecule has 0 aliphatic carbocycles. The van der Waals surface area contributed by atoms with Crippen molar-refractivity contribution in [3.8, 4) is 0 Å². The van der Waals surface area contributed by atoms with Crippen LogP contribution in [0.5, 0.6) is 0 Å². The molecule has 0 spiro atoms. The van der Waals surface area contributed by atoms with Crippen molar-refractivity contribution in [2.45, 2.75) is 40.2 Å². The SMILES string of the molecule is CC(=O)CC(C)(C)C(C)ON. The van der Waals surface area contributed by atoms with Gasteiger partial charge in [-0.25, -0.2) is 5.90 Å². The summed E-state index contributed by atoms with van der Waals surface area (Å²) in [4.78, 5) is 15.4. The van der Waals surface area contributed by atoms with Crippen LogP contribution in [0.2, 0.25) is 0 Å². The van der Waals surface area contributed by atoms with E-state index in [0.29, 0.717) is 6.42 Å². The highest BCUT2D eigenvalue weighted by molar-refractivity contribution is 5.76. The number of rotatable bonds is 4. The molecule has 0 amide bonds. The largest absolute Gasteiger partial charge is 0.301 e. The Morgan fingerprint density at radius 1 is 1.64 bits per heavy atom. The molecule has 2 N–H and O–H groups in total. The Morgan fingerprint density at radius 2 is 2.09 bits per heavy atom. The highest BCUT2D eigenvalue weighted by Crippen LogP contribution is 2.26. The van der Waals surface area contributed by atoms with Crippen molar-refractivity contribution >= 4 is 5.78 Å². The Kier molecular flexibility index (Phi) is 3.69. The van der Waals surface area contributed by atoms with Crippen molar-refractivity contribution in [1.82, 2.24) is 0 Å². The van der Waals surface area contributed by atoms with Gasteiger partial charge in [-0.2, -0.15) is 0 Å². The lowest BCUT2D eigenvalue weighted by molar-refractivity contribution is -0.121. The molecular formula is C8H17NO2. The van der Waals surface area contributed by atoms with Crippen LogP contribution in [-0.4, -0.2) is 11.9 Å². The Bertz CT molecular complexity index is 143. The average molecular weight is 159 g/mol. The number of carbonyl (C=O) groups excluding carboxylic acids is 1. The van der Waals surface area contributed by atoms with Crippen LogP contribution in [0.15, 0.2) is 0 Å². The molecule has 0 radical (unpaired) electrons. The third-order valence-corrected chi connectivity index (χ3v) is 2.01. The summed E-state index contributed by atoms with van der Waals surface area (Å²) in [6, 6.07) is 0. The molecule has 0 fully saturated rings. The lowest BCUT2D eigenvalue weighted by atomic mass is 9.83. The predicted molar refractivity (Wildman–Crippen MR) is 43.8 cm³/mol. The van der Waals surface area contributed by atoms with Crippen LogP contribution >= 0.6 is 0 Å². The molecule has 0 bridgehead atoms. The van der Waals surface area contributed by atoms with E-state index in [1.165, 1.54) is 0 Å². The second-order valence-electron chi connectivity index (χ2n) is 3.65. The maximum Gasteiger partial charge on any atom is 0.130 e. The second-order valence-corrected chi connectivity index (χ2v) is 3.65. The summed E-state index contributed by atoms with van der Waals surface area (Å²) in [5.74, 6) is 5.19. The number of nitrogens with two attached hydrogens (primary N) is 1. The van der Waals surface area contributed by atoms with Crippen LogP contribution in [0.3, 0.4) is 0 Å². The van der Waals surface area contributed by atoms with Crippen LogP contribution in [0.4, 0.5) is 0 Å². The van der Waals surface area contributed by atoms with E-state index in [9.17, 15) is 4.79 Å². The van der Waals surface area contributed by atoms with Gasteiger partial charge in [0.15, 0.2) is 0 Å². The summed E-state index contributed by atoms with van der Waals surface area (Å²) in [5, 5.41) is 0. The maximum atomic E-state index is 10.8. The van der Waals surface area contributed by atoms with E-state index < -0.39 is 0 Å². The fourth-order valence-electron chi connectivity index (χ4n) is 0.970. The molecule has 0 saturated heterocycles. The van der Waals surface area contributed by atoms with Gasteiger partial charge in [-0.05, 0) is 19.3 Å². The molecule has 1 atom stereocenters. The van der Waals surface area contributed by atoms with Gasteiger partial charge in [-0.1, -0.05) is 13.8 Å². The van der Waals surface area contributed by atoms with E-state index in [1.54, 1.807) is 6.92 Å². The van der Waals surface area contributed by atoms with Crippen molar-refractivity contribution in [2.24, 2.45) is 11.3 Å². The third kappa shape index (κ3) is 3.49. The van der Waals surface area contributed by atoms with Gasteiger partial charge in [-0.3, -0.25) is 0 Å². The number of hydrogen-bond acceptors (Lipinski definition) is 3. The second kappa shape index (κ2) is 3.83. The van der Waals surface area contributed by atoms with Gasteiger partial charge < -0.3 is 9.63 Å². The number of hydrogen-bond donors (Lipinski definition) is 1. The van der Waals surface area contributed by atoms with E-state index in [-0.39, 0.29) is 17.3 Å². The highest BCUT2D eigenvalue weighted by atomic mass is 16.6. The summed E-state index contributed by atoms with van der Waals surface area (Å²) in [6.07, 6.45) is 0.414. The van der Waals surface area contributed by atoms with Crippen LogP contribution in [0.25, 0.3) is 0 Å². The average Bonchev–Trinajstić information content (AvgIpc) is 1.83. The molecule has 11 heavy (non-hydrogen) atoms. The predicted octanol–water partition coefficient (Wildman–Crippen LogP) is 1.27. The minimum atomic E-state index is -0.166. The standard InChI is InChI=1S/C8H17NO2/c1-6(10)5-8(3,4)7(2)11-9/h7H,5,9H2,1-4H3. The van der Waals surface area contributed by atoms with E-state index in [0.717, 1.165) is 0 Å². The molecule has 3 nitrogen and oxygen atoms in total. The summed E-state index contributed by atoms with van der Waals surface area (Å²) in [5.41, 5.74) is -0.166. The Balaban J connectivity index is 4.08. The zero-order chi connectivity index (χ0) is 9.07. The molecule has 0 aliphatic rings. The first-order valence-electron chi connectivity index (χ1n) is 3.75. The van der Waals surface area contributed by atoms with Crippen molar-refractivity contribution in [2.75, 3.05) is 0 Å². The molecule has 0 saturated carbocycles. The molecule has 66 valence electrons. The molecule has 3 heteroatoms. The summed E-state index contributed by atoms with van der Waals surface area (Å²) in [6.45, 7) is 7.37. The monoisotopic (exact) mass is 159 g/mol. The van der Waals surface area contributed by atoms with Crippen molar-refractivity contribution in [1.29, 1.82) is 0 Å². The first-order chi connectivity index (χ1) is 4.90. The van der Waals surface area contributed by atoms with E-state index >= 15 is 0 Å². The van der Waals surface area contributed by atoms with Crippen LogP contribution < -0.4 is 5.90 Å². The molecule has 0 aromatic rings. The maximum absolute atomic E-state index is 10.8.